The minimum Gasteiger partial charge on any atom is -0.398 e. The van der Waals surface area contributed by atoms with Crippen molar-refractivity contribution in [1.82, 2.24) is 4.90 Å². The molecule has 0 aliphatic heterocycles. The van der Waals surface area contributed by atoms with Gasteiger partial charge in [0.1, 0.15) is 0 Å². The van der Waals surface area contributed by atoms with E-state index < -0.39 is 5.60 Å². The number of aliphatic hydroxyl groups is 1. The summed E-state index contributed by atoms with van der Waals surface area (Å²) in [5, 5.41) is 9.73. The van der Waals surface area contributed by atoms with Gasteiger partial charge in [0.15, 0.2) is 0 Å². The van der Waals surface area contributed by atoms with Crippen LogP contribution in [0.25, 0.3) is 0 Å². The topological polar surface area (TPSA) is 66.6 Å². The largest absolute Gasteiger partial charge is 0.398 e. The molecule has 0 heterocycles. The van der Waals surface area contributed by atoms with Crippen LogP contribution in [0, 0.1) is 6.92 Å². The Labute approximate surface area is 116 Å². The maximum absolute atomic E-state index is 12.3. The second-order valence-electron chi connectivity index (χ2n) is 5.14. The third-order valence-corrected chi connectivity index (χ3v) is 3.07. The van der Waals surface area contributed by atoms with E-state index in [-0.39, 0.29) is 12.5 Å². The number of carbonyl (C=O) groups excluding carboxylic acids is 1. The highest BCUT2D eigenvalue weighted by molar-refractivity contribution is 9.10. The van der Waals surface area contributed by atoms with Crippen molar-refractivity contribution >= 4 is 27.5 Å². The Bertz CT molecular complexity index is 467. The summed E-state index contributed by atoms with van der Waals surface area (Å²) in [6, 6.07) is 3.51. The zero-order valence-corrected chi connectivity index (χ0v) is 12.7. The molecule has 4 nitrogen and oxygen atoms in total. The lowest BCUT2D eigenvalue weighted by atomic mass is 10.0. The first kappa shape index (κ1) is 15.0. The molecule has 3 N–H and O–H groups in total. The second kappa shape index (κ2) is 5.28. The molecule has 0 aliphatic carbocycles. The summed E-state index contributed by atoms with van der Waals surface area (Å²) in [5.41, 5.74) is 6.79. The SMILES string of the molecule is Cc1c(N)cc(Br)cc1C(=O)N(C)CC(C)(C)O. The Morgan fingerprint density at radius 2 is 2.06 bits per heavy atom. The number of amides is 1. The fourth-order valence-corrected chi connectivity index (χ4v) is 2.26. The lowest BCUT2D eigenvalue weighted by Crippen LogP contribution is -2.40. The third kappa shape index (κ3) is 3.71. The van der Waals surface area contributed by atoms with Crippen LogP contribution < -0.4 is 5.73 Å². The molecule has 18 heavy (non-hydrogen) atoms. The molecule has 0 saturated heterocycles. The van der Waals surface area contributed by atoms with Crippen LogP contribution in [0.5, 0.6) is 0 Å². The standard InChI is InChI=1S/C13H19BrN2O2/c1-8-10(5-9(14)6-11(8)15)12(17)16(4)7-13(2,3)18/h5-6,18H,7,15H2,1-4H3. The molecule has 1 aromatic carbocycles. The number of nitrogens with two attached hydrogens (primary N) is 1. The van der Waals surface area contributed by atoms with Crippen molar-refractivity contribution in [2.24, 2.45) is 0 Å². The van der Waals surface area contributed by atoms with Crippen molar-refractivity contribution in [3.8, 4) is 0 Å². The zero-order chi connectivity index (χ0) is 14.1. The van der Waals surface area contributed by atoms with Crippen molar-refractivity contribution in [1.29, 1.82) is 0 Å². The van der Waals surface area contributed by atoms with E-state index in [0.717, 1.165) is 10.0 Å². The van der Waals surface area contributed by atoms with Crippen LogP contribution in [0.15, 0.2) is 16.6 Å². The van der Waals surface area contributed by atoms with Crippen molar-refractivity contribution in [2.75, 3.05) is 19.3 Å². The molecule has 0 radical (unpaired) electrons. The van der Waals surface area contributed by atoms with Crippen LogP contribution >= 0.6 is 15.9 Å². The van der Waals surface area contributed by atoms with Crippen molar-refractivity contribution in [2.45, 2.75) is 26.4 Å². The predicted octanol–water partition coefficient (Wildman–Crippen LogP) is 2.18. The Kier molecular flexibility index (Phi) is 4.40. The first-order chi connectivity index (χ1) is 8.11. The molecule has 0 saturated carbocycles. The quantitative estimate of drug-likeness (QED) is 0.840. The van der Waals surface area contributed by atoms with Gasteiger partial charge in [-0.2, -0.15) is 0 Å². The molecule has 100 valence electrons. The number of anilines is 1. The maximum Gasteiger partial charge on any atom is 0.254 e. The molecule has 0 aromatic heterocycles. The number of benzene rings is 1. The number of rotatable bonds is 3. The van der Waals surface area contributed by atoms with E-state index in [1.807, 2.05) is 6.92 Å². The lowest BCUT2D eigenvalue weighted by Gasteiger charge is -2.26. The van der Waals surface area contributed by atoms with Gasteiger partial charge >= 0.3 is 0 Å². The molecular weight excluding hydrogens is 296 g/mol. The van der Waals surface area contributed by atoms with Gasteiger partial charge in [0.2, 0.25) is 0 Å². The van der Waals surface area contributed by atoms with Gasteiger partial charge in [0.05, 0.1) is 5.60 Å². The summed E-state index contributed by atoms with van der Waals surface area (Å²) >= 11 is 3.33. The maximum atomic E-state index is 12.3. The smallest absolute Gasteiger partial charge is 0.254 e. The summed E-state index contributed by atoms with van der Waals surface area (Å²) in [7, 11) is 1.66. The van der Waals surface area contributed by atoms with Gasteiger partial charge in [-0.05, 0) is 38.5 Å². The summed E-state index contributed by atoms with van der Waals surface area (Å²) in [6.45, 7) is 5.41. The van der Waals surface area contributed by atoms with E-state index in [0.29, 0.717) is 11.3 Å². The van der Waals surface area contributed by atoms with Crippen molar-refractivity contribution in [3.63, 3.8) is 0 Å². The van der Waals surface area contributed by atoms with Gasteiger partial charge < -0.3 is 15.7 Å². The van der Waals surface area contributed by atoms with E-state index in [4.69, 9.17) is 5.73 Å². The second-order valence-corrected chi connectivity index (χ2v) is 6.06. The molecule has 1 aromatic rings. The zero-order valence-electron chi connectivity index (χ0n) is 11.1. The molecule has 0 bridgehead atoms. The van der Waals surface area contributed by atoms with Crippen LogP contribution in [-0.2, 0) is 0 Å². The van der Waals surface area contributed by atoms with Gasteiger partial charge in [0.25, 0.3) is 5.91 Å². The van der Waals surface area contributed by atoms with Crippen LogP contribution in [0.3, 0.4) is 0 Å². The van der Waals surface area contributed by atoms with E-state index in [1.165, 1.54) is 4.90 Å². The van der Waals surface area contributed by atoms with E-state index >= 15 is 0 Å². The fraction of sp³-hybridized carbons (Fsp3) is 0.462. The first-order valence-electron chi connectivity index (χ1n) is 5.65. The van der Waals surface area contributed by atoms with Gasteiger partial charge in [-0.15, -0.1) is 0 Å². The van der Waals surface area contributed by atoms with Crippen LogP contribution in [0.4, 0.5) is 5.69 Å². The summed E-state index contributed by atoms with van der Waals surface area (Å²) < 4.78 is 0.769. The normalized spacial score (nSPS) is 11.4. The predicted molar refractivity (Wildman–Crippen MR) is 76.5 cm³/mol. The summed E-state index contributed by atoms with van der Waals surface area (Å²) in [6.07, 6.45) is 0. The molecule has 1 rings (SSSR count). The molecule has 0 spiro atoms. The van der Waals surface area contributed by atoms with Gasteiger partial charge in [-0.3, -0.25) is 4.79 Å². The average molecular weight is 315 g/mol. The Morgan fingerprint density at radius 1 is 1.50 bits per heavy atom. The highest BCUT2D eigenvalue weighted by Crippen LogP contribution is 2.24. The first-order valence-corrected chi connectivity index (χ1v) is 6.44. The minimum absolute atomic E-state index is 0.150. The molecular formula is C13H19BrN2O2. The number of nitrogens with zero attached hydrogens (tertiary/aromatic N) is 1. The monoisotopic (exact) mass is 314 g/mol. The number of nitrogen functional groups attached to an aromatic ring is 1. The molecule has 0 unspecified atom stereocenters. The molecule has 0 fully saturated rings. The number of hydrogen-bond donors (Lipinski definition) is 2. The van der Waals surface area contributed by atoms with E-state index in [1.54, 1.807) is 33.0 Å². The molecule has 1 amide bonds. The van der Waals surface area contributed by atoms with E-state index in [9.17, 15) is 9.90 Å². The Hall–Kier alpha value is -1.07. The van der Waals surface area contributed by atoms with Crippen molar-refractivity contribution < 1.29 is 9.90 Å². The number of halogens is 1. The third-order valence-electron chi connectivity index (χ3n) is 2.61. The number of likely N-dealkylation sites (N-methyl/N-ethyl adjacent to an activating group) is 1. The van der Waals surface area contributed by atoms with Crippen LogP contribution in [-0.4, -0.2) is 35.1 Å². The van der Waals surface area contributed by atoms with Gasteiger partial charge in [0, 0.05) is 29.3 Å². The molecule has 0 aliphatic rings. The number of carbonyl (C=O) groups is 1. The Balaban J connectivity index is 3.04. The highest BCUT2D eigenvalue weighted by Gasteiger charge is 2.22. The average Bonchev–Trinajstić information content (AvgIpc) is 2.19. The van der Waals surface area contributed by atoms with Crippen LogP contribution in [0.2, 0.25) is 0 Å². The number of hydrogen-bond acceptors (Lipinski definition) is 3. The van der Waals surface area contributed by atoms with E-state index in [2.05, 4.69) is 15.9 Å². The molecule has 5 heteroatoms. The highest BCUT2D eigenvalue weighted by atomic mass is 79.9. The molecule has 0 atom stereocenters. The van der Waals surface area contributed by atoms with Crippen molar-refractivity contribution in [3.05, 3.63) is 27.7 Å². The van der Waals surface area contributed by atoms with Crippen LogP contribution in [0.1, 0.15) is 29.8 Å². The summed E-state index contributed by atoms with van der Waals surface area (Å²) in [5.74, 6) is -0.150. The van der Waals surface area contributed by atoms with Gasteiger partial charge in [-0.25, -0.2) is 0 Å². The van der Waals surface area contributed by atoms with Gasteiger partial charge in [-0.1, -0.05) is 15.9 Å². The minimum atomic E-state index is -0.921. The Morgan fingerprint density at radius 3 is 2.56 bits per heavy atom. The summed E-state index contributed by atoms with van der Waals surface area (Å²) in [4.78, 5) is 13.8. The lowest BCUT2D eigenvalue weighted by molar-refractivity contribution is 0.0367. The fourth-order valence-electron chi connectivity index (χ4n) is 1.78.